The van der Waals surface area contributed by atoms with Crippen LogP contribution in [-0.4, -0.2) is 38.3 Å². The molecule has 2 rings (SSSR count). The highest BCUT2D eigenvalue weighted by Crippen LogP contribution is 2.27. The molecule has 0 aliphatic rings. The first kappa shape index (κ1) is 23.2. The Balaban J connectivity index is 2.29. The molecule has 8 heteroatoms. The lowest BCUT2D eigenvalue weighted by atomic mass is 10.1. The number of amides is 1. The molecule has 0 bridgehead atoms. The standard InChI is InChI=1S/C21H27ClN2O4S/c1-5-12-28-17-9-11-19(15(4)13-17)23-21(25)16-8-10-18(22)20(14-16)29(26,27)24(6-2)7-3/h8-11,13-14H,5-7,12H2,1-4H3,(H,23,25). The maximum atomic E-state index is 12.8. The van der Waals surface area contributed by atoms with Gasteiger partial charge in [-0.1, -0.05) is 32.4 Å². The van der Waals surface area contributed by atoms with Crippen molar-refractivity contribution in [2.24, 2.45) is 0 Å². The van der Waals surface area contributed by atoms with E-state index in [0.29, 0.717) is 25.4 Å². The van der Waals surface area contributed by atoms with Crippen molar-refractivity contribution in [1.29, 1.82) is 0 Å². The monoisotopic (exact) mass is 438 g/mol. The van der Waals surface area contributed by atoms with Crippen molar-refractivity contribution in [3.05, 3.63) is 52.5 Å². The number of aryl methyl sites for hydroxylation is 1. The predicted molar refractivity (Wildman–Crippen MR) is 116 cm³/mol. The molecule has 0 spiro atoms. The molecule has 1 N–H and O–H groups in total. The Kier molecular flexibility index (Phi) is 8.07. The summed E-state index contributed by atoms with van der Waals surface area (Å²) in [6.45, 7) is 8.66. The molecule has 0 saturated heterocycles. The number of rotatable bonds is 9. The quantitative estimate of drug-likeness (QED) is 0.614. The van der Waals surface area contributed by atoms with E-state index in [9.17, 15) is 13.2 Å². The number of halogens is 1. The third-order valence-corrected chi connectivity index (χ3v) is 6.97. The van der Waals surface area contributed by atoms with Crippen molar-refractivity contribution in [2.75, 3.05) is 25.0 Å². The molecule has 0 aliphatic carbocycles. The molecular formula is C21H27ClN2O4S. The zero-order valence-corrected chi connectivity index (χ0v) is 18.7. The van der Waals surface area contributed by atoms with Gasteiger partial charge in [-0.2, -0.15) is 4.31 Å². The molecule has 1 amide bonds. The van der Waals surface area contributed by atoms with Crippen LogP contribution in [0.1, 0.15) is 43.1 Å². The van der Waals surface area contributed by atoms with Crippen LogP contribution in [0.25, 0.3) is 0 Å². The molecule has 0 aromatic heterocycles. The second-order valence-corrected chi connectivity index (χ2v) is 8.83. The minimum absolute atomic E-state index is 0.0736. The van der Waals surface area contributed by atoms with E-state index in [1.54, 1.807) is 26.0 Å². The van der Waals surface area contributed by atoms with Gasteiger partial charge in [-0.05, 0) is 55.3 Å². The third kappa shape index (κ3) is 5.50. The number of sulfonamides is 1. The number of benzene rings is 2. The van der Waals surface area contributed by atoms with Gasteiger partial charge in [0.1, 0.15) is 10.6 Å². The van der Waals surface area contributed by atoms with Crippen molar-refractivity contribution in [1.82, 2.24) is 4.31 Å². The van der Waals surface area contributed by atoms with Crippen molar-refractivity contribution in [2.45, 2.75) is 39.0 Å². The van der Waals surface area contributed by atoms with Crippen molar-refractivity contribution >= 4 is 33.2 Å². The zero-order valence-electron chi connectivity index (χ0n) is 17.2. The molecule has 0 aliphatic heterocycles. The van der Waals surface area contributed by atoms with Crippen LogP contribution in [0.15, 0.2) is 41.3 Å². The summed E-state index contributed by atoms with van der Waals surface area (Å²) in [5.41, 5.74) is 1.68. The molecule has 0 heterocycles. The van der Waals surface area contributed by atoms with Gasteiger partial charge in [0.2, 0.25) is 10.0 Å². The van der Waals surface area contributed by atoms with E-state index in [4.69, 9.17) is 16.3 Å². The smallest absolute Gasteiger partial charge is 0.255 e. The number of nitrogens with zero attached hydrogens (tertiary/aromatic N) is 1. The van der Waals surface area contributed by atoms with Gasteiger partial charge >= 0.3 is 0 Å². The van der Waals surface area contributed by atoms with E-state index in [-0.39, 0.29) is 15.5 Å². The average Bonchev–Trinajstić information content (AvgIpc) is 2.69. The number of carbonyl (C=O) groups excluding carboxylic acids is 1. The molecule has 6 nitrogen and oxygen atoms in total. The van der Waals surface area contributed by atoms with E-state index < -0.39 is 15.9 Å². The van der Waals surface area contributed by atoms with Crippen LogP contribution in [0.3, 0.4) is 0 Å². The normalized spacial score (nSPS) is 11.5. The lowest BCUT2D eigenvalue weighted by molar-refractivity contribution is 0.102. The van der Waals surface area contributed by atoms with E-state index >= 15 is 0 Å². The molecule has 0 radical (unpaired) electrons. The summed E-state index contributed by atoms with van der Waals surface area (Å²) in [6.07, 6.45) is 0.910. The Morgan fingerprint density at radius 1 is 1.10 bits per heavy atom. The lowest BCUT2D eigenvalue weighted by Crippen LogP contribution is -2.31. The summed E-state index contributed by atoms with van der Waals surface area (Å²) in [4.78, 5) is 12.7. The first-order valence-corrected chi connectivity index (χ1v) is 11.4. The molecular weight excluding hydrogens is 412 g/mol. The van der Waals surface area contributed by atoms with Gasteiger partial charge in [0.25, 0.3) is 5.91 Å². The molecule has 2 aromatic carbocycles. The molecule has 0 saturated carbocycles. The Morgan fingerprint density at radius 2 is 1.79 bits per heavy atom. The molecule has 0 fully saturated rings. The average molecular weight is 439 g/mol. The number of anilines is 1. The molecule has 29 heavy (non-hydrogen) atoms. The van der Waals surface area contributed by atoms with Crippen LogP contribution >= 0.6 is 11.6 Å². The number of carbonyl (C=O) groups is 1. The first-order chi connectivity index (χ1) is 13.7. The zero-order chi connectivity index (χ0) is 21.6. The fraction of sp³-hybridized carbons (Fsp3) is 0.381. The molecule has 158 valence electrons. The van der Waals surface area contributed by atoms with Crippen molar-refractivity contribution < 1.29 is 17.9 Å². The van der Waals surface area contributed by atoms with Gasteiger partial charge in [-0.3, -0.25) is 4.79 Å². The topological polar surface area (TPSA) is 75.7 Å². The maximum absolute atomic E-state index is 12.8. The molecule has 0 unspecified atom stereocenters. The summed E-state index contributed by atoms with van der Waals surface area (Å²) in [6, 6.07) is 9.66. The van der Waals surface area contributed by atoms with Crippen molar-refractivity contribution in [3.63, 3.8) is 0 Å². The minimum Gasteiger partial charge on any atom is -0.494 e. The van der Waals surface area contributed by atoms with Gasteiger partial charge in [-0.15, -0.1) is 0 Å². The van der Waals surface area contributed by atoms with Gasteiger partial charge in [0, 0.05) is 24.3 Å². The third-order valence-electron chi connectivity index (χ3n) is 4.44. The molecule has 2 aromatic rings. The Hall–Kier alpha value is -2.09. The fourth-order valence-corrected chi connectivity index (χ4v) is 4.78. The number of ether oxygens (including phenoxy) is 1. The highest BCUT2D eigenvalue weighted by atomic mass is 35.5. The number of hydrogen-bond donors (Lipinski definition) is 1. The van der Waals surface area contributed by atoms with Crippen LogP contribution in [0.2, 0.25) is 5.02 Å². The summed E-state index contributed by atoms with van der Waals surface area (Å²) in [7, 11) is -3.78. The van der Waals surface area contributed by atoms with Gasteiger partial charge in [-0.25, -0.2) is 8.42 Å². The largest absolute Gasteiger partial charge is 0.494 e. The predicted octanol–water partition coefficient (Wildman–Crippen LogP) is 4.72. The summed E-state index contributed by atoms with van der Waals surface area (Å²) < 4.78 is 32.5. The first-order valence-electron chi connectivity index (χ1n) is 9.59. The van der Waals surface area contributed by atoms with Crippen LogP contribution in [0, 0.1) is 6.92 Å². The maximum Gasteiger partial charge on any atom is 0.255 e. The van der Waals surface area contributed by atoms with Gasteiger partial charge < -0.3 is 10.1 Å². The van der Waals surface area contributed by atoms with E-state index in [1.807, 2.05) is 19.9 Å². The summed E-state index contributed by atoms with van der Waals surface area (Å²) in [5.74, 6) is 0.324. The second-order valence-electron chi connectivity index (χ2n) is 6.51. The van der Waals surface area contributed by atoms with Crippen molar-refractivity contribution in [3.8, 4) is 5.75 Å². The molecule has 0 atom stereocenters. The van der Waals surface area contributed by atoms with Crippen LogP contribution in [-0.2, 0) is 10.0 Å². The Bertz CT molecular complexity index is 973. The van der Waals surface area contributed by atoms with Gasteiger partial charge in [0.05, 0.1) is 11.6 Å². The van der Waals surface area contributed by atoms with E-state index in [1.165, 1.54) is 22.5 Å². The summed E-state index contributed by atoms with van der Waals surface area (Å²) in [5, 5.41) is 2.90. The van der Waals surface area contributed by atoms with E-state index in [0.717, 1.165) is 17.7 Å². The number of hydrogen-bond acceptors (Lipinski definition) is 4. The van der Waals surface area contributed by atoms with Crippen LogP contribution in [0.4, 0.5) is 5.69 Å². The van der Waals surface area contributed by atoms with E-state index in [2.05, 4.69) is 5.32 Å². The lowest BCUT2D eigenvalue weighted by Gasteiger charge is -2.19. The fourth-order valence-electron chi connectivity index (χ4n) is 2.83. The summed E-state index contributed by atoms with van der Waals surface area (Å²) >= 11 is 6.14. The minimum atomic E-state index is -3.78. The van der Waals surface area contributed by atoms with Crippen LogP contribution in [0.5, 0.6) is 5.75 Å². The van der Waals surface area contributed by atoms with Gasteiger partial charge in [0.15, 0.2) is 0 Å². The second kappa shape index (κ2) is 10.1. The Morgan fingerprint density at radius 3 is 2.38 bits per heavy atom. The SMILES string of the molecule is CCCOc1ccc(NC(=O)c2ccc(Cl)c(S(=O)(=O)N(CC)CC)c2)c(C)c1. The highest BCUT2D eigenvalue weighted by Gasteiger charge is 2.25. The number of nitrogens with one attached hydrogen (secondary N) is 1. The van der Waals surface area contributed by atoms with Crippen LogP contribution < -0.4 is 10.1 Å². The highest BCUT2D eigenvalue weighted by molar-refractivity contribution is 7.89. The Labute approximate surface area is 177 Å².